The first-order valence-electron chi connectivity index (χ1n) is 6.82. The third kappa shape index (κ3) is 3.30. The fraction of sp³-hybridized carbons (Fsp3) is 0.533. The van der Waals surface area contributed by atoms with Gasteiger partial charge < -0.3 is 5.73 Å². The Labute approximate surface area is 115 Å². The van der Waals surface area contributed by atoms with Crippen LogP contribution in [0, 0.1) is 0 Å². The molecular formula is C15H22N2S. The molecule has 98 valence electrons. The summed E-state index contributed by atoms with van der Waals surface area (Å²) in [5.41, 5.74) is 8.60. The van der Waals surface area contributed by atoms with Crippen LogP contribution in [0.25, 0.3) is 0 Å². The topological polar surface area (TPSA) is 29.3 Å². The summed E-state index contributed by atoms with van der Waals surface area (Å²) < 4.78 is 0. The number of benzene rings is 1. The highest BCUT2D eigenvalue weighted by Gasteiger charge is 2.24. The van der Waals surface area contributed by atoms with Crippen LogP contribution in [0.15, 0.2) is 24.3 Å². The molecule has 1 unspecified atom stereocenters. The molecule has 0 radical (unpaired) electrons. The second-order valence-electron chi connectivity index (χ2n) is 5.05. The van der Waals surface area contributed by atoms with Gasteiger partial charge in [0, 0.05) is 6.54 Å². The van der Waals surface area contributed by atoms with Gasteiger partial charge >= 0.3 is 0 Å². The van der Waals surface area contributed by atoms with Crippen LogP contribution >= 0.6 is 12.2 Å². The van der Waals surface area contributed by atoms with Crippen LogP contribution in [0.2, 0.25) is 0 Å². The lowest BCUT2D eigenvalue weighted by atomic mass is 10.0. The number of nitrogens with two attached hydrogens (primary N) is 1. The van der Waals surface area contributed by atoms with Gasteiger partial charge in [-0.2, -0.15) is 0 Å². The number of thiocarbonyl (C=S) groups is 1. The van der Waals surface area contributed by atoms with Gasteiger partial charge in [0.2, 0.25) is 0 Å². The van der Waals surface area contributed by atoms with Gasteiger partial charge in [-0.15, -0.1) is 0 Å². The number of likely N-dealkylation sites (tertiary alicyclic amines) is 1. The Balaban J connectivity index is 2.03. The zero-order chi connectivity index (χ0) is 13.0. The van der Waals surface area contributed by atoms with Crippen LogP contribution in [0.4, 0.5) is 0 Å². The molecule has 0 bridgehead atoms. The van der Waals surface area contributed by atoms with E-state index in [0.29, 0.717) is 11.0 Å². The molecule has 1 aromatic carbocycles. The summed E-state index contributed by atoms with van der Waals surface area (Å²) in [6, 6.07) is 9.18. The van der Waals surface area contributed by atoms with E-state index in [-0.39, 0.29) is 0 Å². The van der Waals surface area contributed by atoms with Gasteiger partial charge in [0.05, 0.1) is 11.0 Å². The number of rotatable bonds is 4. The Morgan fingerprint density at radius 3 is 2.56 bits per heavy atom. The standard InChI is InChI=1S/C15H22N2S/c1-2-12-6-8-13(9-7-12)11-17-10-4-3-5-14(17)15(16)18/h6-9,14H,2-5,10-11H2,1H3,(H2,16,18). The number of piperidine rings is 1. The SMILES string of the molecule is CCc1ccc(CN2CCCCC2C(N)=S)cc1. The van der Waals surface area contributed by atoms with Gasteiger partial charge in [-0.05, 0) is 36.9 Å². The van der Waals surface area contributed by atoms with Crippen molar-refractivity contribution < 1.29 is 0 Å². The fourth-order valence-electron chi connectivity index (χ4n) is 2.62. The van der Waals surface area contributed by atoms with Crippen LogP contribution in [-0.4, -0.2) is 22.5 Å². The van der Waals surface area contributed by atoms with Crippen LogP contribution in [0.3, 0.4) is 0 Å². The molecule has 0 saturated carbocycles. The minimum atomic E-state index is 0.291. The maximum absolute atomic E-state index is 5.85. The lowest BCUT2D eigenvalue weighted by Crippen LogP contribution is -2.46. The first-order valence-corrected chi connectivity index (χ1v) is 7.22. The van der Waals surface area contributed by atoms with Crippen molar-refractivity contribution in [3.63, 3.8) is 0 Å². The predicted molar refractivity (Wildman–Crippen MR) is 80.7 cm³/mol. The molecular weight excluding hydrogens is 240 g/mol. The average Bonchev–Trinajstić information content (AvgIpc) is 2.40. The molecule has 0 amide bonds. The van der Waals surface area contributed by atoms with E-state index in [0.717, 1.165) is 25.9 Å². The molecule has 1 saturated heterocycles. The molecule has 0 spiro atoms. The summed E-state index contributed by atoms with van der Waals surface area (Å²) in [4.78, 5) is 3.08. The van der Waals surface area contributed by atoms with Gasteiger partial charge in [-0.3, -0.25) is 4.90 Å². The molecule has 1 aliphatic rings. The van der Waals surface area contributed by atoms with Crippen molar-refractivity contribution in [1.29, 1.82) is 0 Å². The van der Waals surface area contributed by atoms with E-state index < -0.39 is 0 Å². The van der Waals surface area contributed by atoms with Gasteiger partial charge in [0.1, 0.15) is 0 Å². The summed E-state index contributed by atoms with van der Waals surface area (Å²) >= 11 is 5.18. The summed E-state index contributed by atoms with van der Waals surface area (Å²) in [6.45, 7) is 4.26. The molecule has 2 rings (SSSR count). The normalized spacial score (nSPS) is 20.8. The smallest absolute Gasteiger partial charge is 0.0902 e. The number of nitrogens with zero attached hydrogens (tertiary/aromatic N) is 1. The van der Waals surface area contributed by atoms with E-state index in [1.165, 1.54) is 24.0 Å². The zero-order valence-electron chi connectivity index (χ0n) is 11.1. The van der Waals surface area contributed by atoms with Gasteiger partial charge in [-0.1, -0.05) is 49.8 Å². The Morgan fingerprint density at radius 2 is 1.94 bits per heavy atom. The zero-order valence-corrected chi connectivity index (χ0v) is 11.9. The lowest BCUT2D eigenvalue weighted by molar-refractivity contribution is 0.184. The summed E-state index contributed by atoms with van der Waals surface area (Å²) in [5, 5.41) is 0. The second-order valence-corrected chi connectivity index (χ2v) is 5.53. The molecule has 1 aromatic rings. The maximum atomic E-state index is 5.85. The molecule has 3 heteroatoms. The van der Waals surface area contributed by atoms with Crippen molar-refractivity contribution in [3.8, 4) is 0 Å². The Morgan fingerprint density at radius 1 is 1.28 bits per heavy atom. The summed E-state index contributed by atoms with van der Waals surface area (Å²) in [7, 11) is 0. The van der Waals surface area contributed by atoms with Gasteiger partial charge in [0.25, 0.3) is 0 Å². The second kappa shape index (κ2) is 6.30. The molecule has 1 fully saturated rings. The van der Waals surface area contributed by atoms with Crippen molar-refractivity contribution in [3.05, 3.63) is 35.4 Å². The third-order valence-corrected chi connectivity index (χ3v) is 4.03. The third-order valence-electron chi connectivity index (χ3n) is 3.76. The maximum Gasteiger partial charge on any atom is 0.0902 e. The molecule has 1 aliphatic heterocycles. The van der Waals surface area contributed by atoms with Crippen LogP contribution in [0.1, 0.15) is 37.3 Å². The average molecular weight is 262 g/mol. The highest BCUT2D eigenvalue weighted by atomic mass is 32.1. The highest BCUT2D eigenvalue weighted by molar-refractivity contribution is 7.80. The van der Waals surface area contributed by atoms with Crippen LogP contribution in [0.5, 0.6) is 0 Å². The molecule has 0 aromatic heterocycles. The molecule has 2 N–H and O–H groups in total. The Bertz CT molecular complexity index is 399. The summed E-state index contributed by atoms with van der Waals surface area (Å²) in [5.74, 6) is 0. The first-order chi connectivity index (χ1) is 8.70. The van der Waals surface area contributed by atoms with Crippen molar-refractivity contribution in [2.24, 2.45) is 5.73 Å². The van der Waals surface area contributed by atoms with E-state index in [4.69, 9.17) is 18.0 Å². The molecule has 2 nitrogen and oxygen atoms in total. The minimum Gasteiger partial charge on any atom is -0.392 e. The first kappa shape index (κ1) is 13.5. The van der Waals surface area contributed by atoms with Gasteiger partial charge in [0.15, 0.2) is 0 Å². The quantitative estimate of drug-likeness (QED) is 0.846. The van der Waals surface area contributed by atoms with E-state index in [1.54, 1.807) is 0 Å². The van der Waals surface area contributed by atoms with Crippen molar-refractivity contribution >= 4 is 17.2 Å². The largest absolute Gasteiger partial charge is 0.392 e. The van der Waals surface area contributed by atoms with E-state index in [9.17, 15) is 0 Å². The Hall–Kier alpha value is -0.930. The van der Waals surface area contributed by atoms with Crippen LogP contribution in [-0.2, 0) is 13.0 Å². The predicted octanol–water partition coefficient (Wildman–Crippen LogP) is 2.89. The Kier molecular flexibility index (Phi) is 4.72. The highest BCUT2D eigenvalue weighted by Crippen LogP contribution is 2.20. The minimum absolute atomic E-state index is 0.291. The molecule has 1 atom stereocenters. The lowest BCUT2D eigenvalue weighted by Gasteiger charge is -2.35. The molecule has 18 heavy (non-hydrogen) atoms. The van der Waals surface area contributed by atoms with Crippen molar-refractivity contribution in [1.82, 2.24) is 4.90 Å². The molecule has 1 heterocycles. The number of hydrogen-bond donors (Lipinski definition) is 1. The molecule has 0 aliphatic carbocycles. The van der Waals surface area contributed by atoms with Crippen molar-refractivity contribution in [2.45, 2.75) is 45.2 Å². The summed E-state index contributed by atoms with van der Waals surface area (Å²) in [6.07, 6.45) is 4.71. The number of hydrogen-bond acceptors (Lipinski definition) is 2. The fourth-order valence-corrected chi connectivity index (χ4v) is 2.88. The number of aryl methyl sites for hydroxylation is 1. The van der Waals surface area contributed by atoms with E-state index >= 15 is 0 Å². The van der Waals surface area contributed by atoms with Gasteiger partial charge in [-0.25, -0.2) is 0 Å². The van der Waals surface area contributed by atoms with E-state index in [1.807, 2.05) is 0 Å². The monoisotopic (exact) mass is 262 g/mol. The van der Waals surface area contributed by atoms with Crippen LogP contribution < -0.4 is 5.73 Å². The van der Waals surface area contributed by atoms with E-state index in [2.05, 4.69) is 36.1 Å². The van der Waals surface area contributed by atoms with Crippen molar-refractivity contribution in [2.75, 3.05) is 6.54 Å².